The van der Waals surface area contributed by atoms with E-state index < -0.39 is 0 Å². The summed E-state index contributed by atoms with van der Waals surface area (Å²) < 4.78 is 5.12. The summed E-state index contributed by atoms with van der Waals surface area (Å²) in [6.07, 6.45) is 0. The van der Waals surface area contributed by atoms with Gasteiger partial charge in [0.05, 0.1) is 0 Å². The van der Waals surface area contributed by atoms with E-state index >= 15 is 0 Å². The Morgan fingerprint density at radius 3 is 1.25 bits per heavy atom. The zero-order valence-electron chi connectivity index (χ0n) is 25.4. The summed E-state index contributed by atoms with van der Waals surface area (Å²) in [5.74, 6) is 0. The molecule has 0 aliphatic heterocycles. The van der Waals surface area contributed by atoms with E-state index in [1.807, 2.05) is 0 Å². The first-order chi connectivity index (χ1) is 23.5. The first-order valence-electron chi connectivity index (χ1n) is 15.7. The van der Waals surface area contributed by atoms with Crippen LogP contribution in [0.25, 0.3) is 87.6 Å². The maximum absolute atomic E-state index is 2.59. The fraction of sp³-hybridized carbons (Fsp3) is 0. The Labute approximate surface area is 333 Å². The van der Waals surface area contributed by atoms with Crippen LogP contribution in [0.4, 0.5) is 0 Å². The molecule has 48 heavy (non-hydrogen) atoms. The molecule has 0 fully saturated rings. The summed E-state index contributed by atoms with van der Waals surface area (Å²) in [5, 5.41) is 10.7. The molecule has 9 rings (SSSR count). The molecule has 0 bridgehead atoms. The number of benzene rings is 9. The van der Waals surface area contributed by atoms with Crippen LogP contribution in [-0.2, 0) is 0 Å². The van der Waals surface area contributed by atoms with Gasteiger partial charge in [0.2, 0.25) is 0 Å². The van der Waals surface area contributed by atoms with E-state index in [0.717, 1.165) is 0 Å². The third-order valence-electron chi connectivity index (χ3n) is 9.49. The highest BCUT2D eigenvalue weighted by atomic mass is 127. The Hall–Kier alpha value is -2.80. The molecule has 0 atom stereocenters. The third kappa shape index (κ3) is 4.99. The quantitative estimate of drug-likeness (QED) is 0.0936. The SMILES string of the molecule is Ic1ccc2c3c(-c4cc(-c5ccccc5)ccc4-c4ccccc4)cc(I)c4c(I)ccc(c5c(-c6ccccc6)cc(I)c1c25)c43. The Morgan fingerprint density at radius 2 is 0.708 bits per heavy atom. The highest BCUT2D eigenvalue weighted by Gasteiger charge is 2.25. The molecule has 0 aromatic heterocycles. The van der Waals surface area contributed by atoms with E-state index in [0.29, 0.717) is 0 Å². The summed E-state index contributed by atoms with van der Waals surface area (Å²) >= 11 is 10.2. The first-order valence-corrected chi connectivity index (χ1v) is 20.0. The predicted octanol–water partition coefficient (Wildman–Crippen LogP) is 14.8. The van der Waals surface area contributed by atoms with Crippen molar-refractivity contribution >= 4 is 133 Å². The van der Waals surface area contributed by atoms with E-state index in [1.54, 1.807) is 0 Å². The van der Waals surface area contributed by atoms with Gasteiger partial charge in [-0.05, 0) is 187 Å². The average Bonchev–Trinajstić information content (AvgIpc) is 3.13. The molecule has 0 saturated heterocycles. The fourth-order valence-corrected chi connectivity index (χ4v) is 11.7. The molecule has 9 aromatic carbocycles. The van der Waals surface area contributed by atoms with Gasteiger partial charge in [-0.1, -0.05) is 115 Å². The van der Waals surface area contributed by atoms with Crippen LogP contribution >= 0.6 is 90.4 Å². The van der Waals surface area contributed by atoms with E-state index in [1.165, 1.54) is 102 Å². The molecule has 0 unspecified atom stereocenters. The highest BCUT2D eigenvalue weighted by molar-refractivity contribution is 14.1. The van der Waals surface area contributed by atoms with Gasteiger partial charge in [-0.2, -0.15) is 0 Å². The predicted molar refractivity (Wildman–Crippen MR) is 240 cm³/mol. The highest BCUT2D eigenvalue weighted by Crippen LogP contribution is 2.51. The zero-order valence-corrected chi connectivity index (χ0v) is 34.0. The standard InChI is InChI=1S/C44H24I4/c45-35-21-19-31-40-34(33-22-28(25-10-4-1-5-11-25)16-17-29(33)26-12-6-2-7-13-26)24-38(48)44-36(46)20-18-30(42(40)44)39-32(27-14-8-3-9-15-27)23-37(47)43(35)41(31)39/h1-24H. The minimum Gasteiger partial charge on any atom is -0.0622 e. The van der Waals surface area contributed by atoms with Gasteiger partial charge in [-0.3, -0.25) is 0 Å². The first kappa shape index (κ1) is 31.2. The monoisotopic (exact) mass is 1060 g/mol. The van der Waals surface area contributed by atoms with Crippen molar-refractivity contribution in [2.45, 2.75) is 0 Å². The molecule has 0 nitrogen and oxygen atoms in total. The molecular formula is C44H24I4. The van der Waals surface area contributed by atoms with Crippen LogP contribution < -0.4 is 0 Å². The molecule has 228 valence electrons. The van der Waals surface area contributed by atoms with E-state index in [4.69, 9.17) is 0 Å². The van der Waals surface area contributed by atoms with Crippen LogP contribution in [0.3, 0.4) is 0 Å². The summed E-state index contributed by atoms with van der Waals surface area (Å²) in [4.78, 5) is 0. The molecule has 0 N–H and O–H groups in total. The van der Waals surface area contributed by atoms with Crippen molar-refractivity contribution in [1.82, 2.24) is 0 Å². The number of hydrogen-bond donors (Lipinski definition) is 0. The van der Waals surface area contributed by atoms with Crippen LogP contribution in [0.15, 0.2) is 146 Å². The zero-order chi connectivity index (χ0) is 32.5. The minimum atomic E-state index is 1.22. The Morgan fingerprint density at radius 1 is 0.250 bits per heavy atom. The molecule has 0 aliphatic carbocycles. The van der Waals surface area contributed by atoms with Crippen LogP contribution in [0, 0.1) is 14.3 Å². The second-order valence-electron chi connectivity index (χ2n) is 12.1. The van der Waals surface area contributed by atoms with Gasteiger partial charge in [-0.25, -0.2) is 0 Å². The van der Waals surface area contributed by atoms with E-state index in [-0.39, 0.29) is 0 Å². The molecule has 0 amide bonds. The molecule has 9 aromatic rings. The minimum absolute atomic E-state index is 1.22. The van der Waals surface area contributed by atoms with Crippen molar-refractivity contribution in [1.29, 1.82) is 0 Å². The molecule has 0 heterocycles. The van der Waals surface area contributed by atoms with Gasteiger partial charge in [-0.15, -0.1) is 0 Å². The molecule has 0 radical (unpaired) electrons. The largest absolute Gasteiger partial charge is 0.0622 e. The van der Waals surface area contributed by atoms with Gasteiger partial charge < -0.3 is 0 Å². The van der Waals surface area contributed by atoms with Crippen LogP contribution in [0.1, 0.15) is 0 Å². The number of fused-ring (bicyclic) bond motifs is 2. The smallest absolute Gasteiger partial charge is 0.0226 e. The summed E-state index contributed by atoms with van der Waals surface area (Å²) in [6.45, 7) is 0. The second-order valence-corrected chi connectivity index (χ2v) is 16.8. The van der Waals surface area contributed by atoms with Gasteiger partial charge in [0.1, 0.15) is 0 Å². The van der Waals surface area contributed by atoms with Gasteiger partial charge in [0.25, 0.3) is 0 Å². The summed E-state index contributed by atoms with van der Waals surface area (Å²) in [7, 11) is 0. The molecular weight excluding hydrogens is 1040 g/mol. The lowest BCUT2D eigenvalue weighted by Gasteiger charge is -2.23. The number of hydrogen-bond acceptors (Lipinski definition) is 0. The average molecular weight is 1060 g/mol. The fourth-order valence-electron chi connectivity index (χ4n) is 7.43. The van der Waals surface area contributed by atoms with Crippen molar-refractivity contribution in [3.63, 3.8) is 0 Å². The maximum atomic E-state index is 2.59. The molecule has 4 heteroatoms. The van der Waals surface area contributed by atoms with Crippen molar-refractivity contribution in [2.24, 2.45) is 0 Å². The maximum Gasteiger partial charge on any atom is 0.0226 e. The lowest BCUT2D eigenvalue weighted by Crippen LogP contribution is -1.98. The Kier molecular flexibility index (Phi) is 8.13. The number of halogens is 4. The van der Waals surface area contributed by atoms with E-state index in [2.05, 4.69) is 236 Å². The van der Waals surface area contributed by atoms with Crippen LogP contribution in [0.2, 0.25) is 0 Å². The molecule has 0 spiro atoms. The molecule has 0 saturated carbocycles. The Bertz CT molecular complexity index is 2680. The lowest BCUT2D eigenvalue weighted by molar-refractivity contribution is 1.57. The van der Waals surface area contributed by atoms with Crippen molar-refractivity contribution < 1.29 is 0 Å². The lowest BCUT2D eigenvalue weighted by atomic mass is 9.82. The van der Waals surface area contributed by atoms with Crippen molar-refractivity contribution in [3.05, 3.63) is 160 Å². The Balaban J connectivity index is 1.53. The van der Waals surface area contributed by atoms with Crippen LogP contribution in [-0.4, -0.2) is 0 Å². The van der Waals surface area contributed by atoms with Crippen molar-refractivity contribution in [3.8, 4) is 44.5 Å². The van der Waals surface area contributed by atoms with Gasteiger partial charge >= 0.3 is 0 Å². The normalized spacial score (nSPS) is 11.8. The summed E-state index contributed by atoms with van der Waals surface area (Å²) in [5.41, 5.74) is 9.99. The third-order valence-corrected chi connectivity index (χ3v) is 13.0. The number of rotatable bonds is 4. The molecule has 0 aliphatic rings. The topological polar surface area (TPSA) is 0 Å². The second kappa shape index (κ2) is 12.5. The van der Waals surface area contributed by atoms with Gasteiger partial charge in [0.15, 0.2) is 0 Å². The van der Waals surface area contributed by atoms with Crippen LogP contribution in [0.5, 0.6) is 0 Å². The van der Waals surface area contributed by atoms with Gasteiger partial charge in [0, 0.05) is 35.8 Å². The van der Waals surface area contributed by atoms with E-state index in [9.17, 15) is 0 Å². The van der Waals surface area contributed by atoms with Crippen molar-refractivity contribution in [2.75, 3.05) is 0 Å². The summed E-state index contributed by atoms with van der Waals surface area (Å²) in [6, 6.07) is 53.8.